The minimum atomic E-state index is 0.547. The van der Waals surface area contributed by atoms with E-state index < -0.39 is 0 Å². The van der Waals surface area contributed by atoms with Crippen LogP contribution in [0, 0.1) is 0 Å². The molecule has 3 aromatic carbocycles. The second-order valence-electron chi connectivity index (χ2n) is 3.86. The second kappa shape index (κ2) is 4.06. The highest BCUT2D eigenvalue weighted by Gasteiger charge is 2.09. The Morgan fingerprint density at radius 3 is 2.00 bits per heavy atom. The topological polar surface area (TPSA) is 0 Å². The van der Waals surface area contributed by atoms with Crippen LogP contribution in [-0.2, 0) is 0 Å². The van der Waals surface area contributed by atoms with Gasteiger partial charge in [-0.25, -0.2) is 0 Å². The van der Waals surface area contributed by atoms with Crippen LogP contribution in [0.1, 0.15) is 0 Å². The summed E-state index contributed by atoms with van der Waals surface area (Å²) in [5.41, 5.74) is 0. The number of halogens is 3. The molecule has 84 valence electrons. The molecule has 3 heteroatoms. The Balaban J connectivity index is 2.62. The summed E-state index contributed by atoms with van der Waals surface area (Å²) in [4.78, 5) is 0. The van der Waals surface area contributed by atoms with Crippen molar-refractivity contribution < 1.29 is 0 Å². The lowest BCUT2D eigenvalue weighted by molar-refractivity contribution is 1.76. The first-order chi connectivity index (χ1) is 8.18. The van der Waals surface area contributed by atoms with Gasteiger partial charge in [-0.3, -0.25) is 0 Å². The van der Waals surface area contributed by atoms with Crippen molar-refractivity contribution in [2.24, 2.45) is 0 Å². The third kappa shape index (κ3) is 1.68. The molecular formula is C14H7Cl3. The highest BCUT2D eigenvalue weighted by Crippen LogP contribution is 2.37. The number of rotatable bonds is 0. The van der Waals surface area contributed by atoms with Gasteiger partial charge in [-0.15, -0.1) is 0 Å². The van der Waals surface area contributed by atoms with Crippen LogP contribution in [-0.4, -0.2) is 0 Å². The predicted octanol–water partition coefficient (Wildman–Crippen LogP) is 5.95. The molecule has 0 atom stereocenters. The van der Waals surface area contributed by atoms with Gasteiger partial charge in [0.1, 0.15) is 0 Å². The first kappa shape index (κ1) is 11.2. The van der Waals surface area contributed by atoms with Crippen LogP contribution in [0.5, 0.6) is 0 Å². The zero-order chi connectivity index (χ0) is 12.0. The molecule has 0 heterocycles. The van der Waals surface area contributed by atoms with Gasteiger partial charge in [0.25, 0.3) is 0 Å². The minimum Gasteiger partial charge on any atom is -0.0836 e. The van der Waals surface area contributed by atoms with Gasteiger partial charge in [-0.2, -0.15) is 0 Å². The number of hydrogen-bond acceptors (Lipinski definition) is 0. The Morgan fingerprint density at radius 1 is 0.588 bits per heavy atom. The molecule has 0 aromatic heterocycles. The summed E-state index contributed by atoms with van der Waals surface area (Å²) < 4.78 is 0. The Hall–Kier alpha value is -0.950. The average molecular weight is 282 g/mol. The molecule has 0 aliphatic rings. The quantitative estimate of drug-likeness (QED) is 0.446. The SMILES string of the molecule is Clc1ccc2c(cc(Cl)c3ccccc32)c1Cl. The van der Waals surface area contributed by atoms with Gasteiger partial charge in [0, 0.05) is 15.8 Å². The fourth-order valence-corrected chi connectivity index (χ4v) is 2.73. The lowest BCUT2D eigenvalue weighted by Gasteiger charge is -2.08. The molecular weight excluding hydrogens is 275 g/mol. The van der Waals surface area contributed by atoms with E-state index in [0.29, 0.717) is 15.1 Å². The van der Waals surface area contributed by atoms with E-state index >= 15 is 0 Å². The molecule has 3 aromatic rings. The molecule has 0 bridgehead atoms. The van der Waals surface area contributed by atoms with Crippen molar-refractivity contribution in [3.8, 4) is 0 Å². The largest absolute Gasteiger partial charge is 0.0836 e. The zero-order valence-electron chi connectivity index (χ0n) is 8.68. The summed E-state index contributed by atoms with van der Waals surface area (Å²) >= 11 is 18.5. The van der Waals surface area contributed by atoms with Crippen molar-refractivity contribution in [3.63, 3.8) is 0 Å². The molecule has 0 spiro atoms. The Bertz CT molecular complexity index is 732. The van der Waals surface area contributed by atoms with Crippen molar-refractivity contribution in [3.05, 3.63) is 57.5 Å². The molecule has 0 aliphatic heterocycles. The predicted molar refractivity (Wildman–Crippen MR) is 76.5 cm³/mol. The molecule has 0 radical (unpaired) electrons. The molecule has 0 fully saturated rings. The smallest absolute Gasteiger partial charge is 0.0671 e. The summed E-state index contributed by atoms with van der Waals surface area (Å²) in [6.07, 6.45) is 0. The lowest BCUT2D eigenvalue weighted by Crippen LogP contribution is -1.81. The fraction of sp³-hybridized carbons (Fsp3) is 0. The first-order valence-corrected chi connectivity index (χ1v) is 6.27. The molecule has 0 unspecified atom stereocenters. The van der Waals surface area contributed by atoms with E-state index in [2.05, 4.69) is 0 Å². The molecule has 17 heavy (non-hydrogen) atoms. The Morgan fingerprint density at radius 2 is 1.24 bits per heavy atom. The van der Waals surface area contributed by atoms with Crippen molar-refractivity contribution in [2.45, 2.75) is 0 Å². The lowest BCUT2D eigenvalue weighted by atomic mass is 10.0. The highest BCUT2D eigenvalue weighted by atomic mass is 35.5. The molecule has 0 saturated carbocycles. The normalized spacial score (nSPS) is 11.2. The second-order valence-corrected chi connectivity index (χ2v) is 5.05. The number of benzene rings is 3. The van der Waals surface area contributed by atoms with Crippen molar-refractivity contribution in [2.75, 3.05) is 0 Å². The van der Waals surface area contributed by atoms with Crippen LogP contribution in [0.4, 0.5) is 0 Å². The molecule has 0 N–H and O–H groups in total. The van der Waals surface area contributed by atoms with Crippen LogP contribution in [0.15, 0.2) is 42.5 Å². The minimum absolute atomic E-state index is 0.547. The van der Waals surface area contributed by atoms with Crippen LogP contribution < -0.4 is 0 Å². The highest BCUT2D eigenvalue weighted by molar-refractivity contribution is 6.46. The zero-order valence-corrected chi connectivity index (χ0v) is 10.9. The van der Waals surface area contributed by atoms with E-state index in [1.165, 1.54) is 0 Å². The van der Waals surface area contributed by atoms with E-state index in [4.69, 9.17) is 34.8 Å². The molecule has 0 amide bonds. The molecule has 0 aliphatic carbocycles. The van der Waals surface area contributed by atoms with Crippen molar-refractivity contribution >= 4 is 56.3 Å². The van der Waals surface area contributed by atoms with E-state index in [0.717, 1.165) is 21.5 Å². The maximum atomic E-state index is 6.26. The molecule has 3 rings (SSSR count). The van der Waals surface area contributed by atoms with Crippen LogP contribution >= 0.6 is 34.8 Å². The maximum Gasteiger partial charge on any atom is 0.0671 e. The standard InChI is InChI=1S/C14H7Cl3/c15-12-6-5-9-8-3-1-2-4-10(8)13(16)7-11(9)14(12)17/h1-7H. The van der Waals surface area contributed by atoms with Gasteiger partial charge in [0.2, 0.25) is 0 Å². The van der Waals surface area contributed by atoms with E-state index in [-0.39, 0.29) is 0 Å². The van der Waals surface area contributed by atoms with Crippen LogP contribution in [0.2, 0.25) is 15.1 Å². The third-order valence-corrected chi connectivity index (χ3v) is 4.01. The summed E-state index contributed by atoms with van der Waals surface area (Å²) in [5.74, 6) is 0. The van der Waals surface area contributed by atoms with E-state index in [1.807, 2.05) is 42.5 Å². The summed E-state index contributed by atoms with van der Waals surface area (Å²) in [6, 6.07) is 13.6. The average Bonchev–Trinajstić information content (AvgIpc) is 2.35. The summed E-state index contributed by atoms with van der Waals surface area (Å²) in [7, 11) is 0. The fourth-order valence-electron chi connectivity index (χ4n) is 2.07. The third-order valence-electron chi connectivity index (χ3n) is 2.88. The first-order valence-electron chi connectivity index (χ1n) is 5.13. The molecule has 0 nitrogen and oxygen atoms in total. The number of fused-ring (bicyclic) bond motifs is 3. The van der Waals surface area contributed by atoms with Crippen molar-refractivity contribution in [1.29, 1.82) is 0 Å². The Labute approximate surface area is 114 Å². The maximum absolute atomic E-state index is 6.26. The van der Waals surface area contributed by atoms with Crippen molar-refractivity contribution in [1.82, 2.24) is 0 Å². The van der Waals surface area contributed by atoms with E-state index in [1.54, 1.807) is 0 Å². The van der Waals surface area contributed by atoms with Gasteiger partial charge < -0.3 is 0 Å². The monoisotopic (exact) mass is 280 g/mol. The number of hydrogen-bond donors (Lipinski definition) is 0. The van der Waals surface area contributed by atoms with Gasteiger partial charge in [0.15, 0.2) is 0 Å². The Kier molecular flexibility index (Phi) is 2.67. The summed E-state index contributed by atoms with van der Waals surface area (Å²) in [6.45, 7) is 0. The molecule has 0 saturated heterocycles. The van der Waals surface area contributed by atoms with E-state index in [9.17, 15) is 0 Å². The van der Waals surface area contributed by atoms with Gasteiger partial charge in [-0.1, -0.05) is 65.1 Å². The summed E-state index contributed by atoms with van der Waals surface area (Å²) in [5, 5.41) is 5.87. The van der Waals surface area contributed by atoms with Gasteiger partial charge in [-0.05, 0) is 22.9 Å². The van der Waals surface area contributed by atoms with Gasteiger partial charge in [0.05, 0.1) is 10.0 Å². The van der Waals surface area contributed by atoms with Gasteiger partial charge >= 0.3 is 0 Å². The van der Waals surface area contributed by atoms with Crippen LogP contribution in [0.3, 0.4) is 0 Å². The van der Waals surface area contributed by atoms with Crippen LogP contribution in [0.25, 0.3) is 21.5 Å².